The normalized spacial score (nSPS) is 10.8. The van der Waals surface area contributed by atoms with Gasteiger partial charge in [0.15, 0.2) is 6.61 Å². The number of furan rings is 1. The number of carboxylic acid groups (broad SMARTS) is 1. The molecule has 0 atom stereocenters. The van der Waals surface area contributed by atoms with Crippen LogP contribution < -0.4 is 10.3 Å². The lowest BCUT2D eigenvalue weighted by Crippen LogP contribution is -2.28. The van der Waals surface area contributed by atoms with Crippen molar-refractivity contribution in [2.24, 2.45) is 7.05 Å². The summed E-state index contributed by atoms with van der Waals surface area (Å²) in [6, 6.07) is 6.74. The molecule has 1 N–H and O–H groups in total. The molecule has 146 valence electrons. The second-order valence-electron chi connectivity index (χ2n) is 6.36. The Balaban J connectivity index is 1.81. The fraction of sp³-hybridized carbons (Fsp3) is 0.263. The minimum Gasteiger partial charge on any atom is -0.482 e. The monoisotopic (exact) mass is 385 g/mol. The van der Waals surface area contributed by atoms with Gasteiger partial charge in [0.1, 0.15) is 23.2 Å². The lowest BCUT2D eigenvalue weighted by molar-refractivity contribution is -0.139. The van der Waals surface area contributed by atoms with E-state index in [4.69, 9.17) is 14.3 Å². The minimum atomic E-state index is -1.06. The van der Waals surface area contributed by atoms with Crippen LogP contribution in [0.1, 0.15) is 21.7 Å². The Bertz CT molecular complexity index is 1100. The molecule has 2 aromatic heterocycles. The van der Waals surface area contributed by atoms with Crippen LogP contribution in [0.25, 0.3) is 11.1 Å². The average Bonchev–Trinajstić information content (AvgIpc) is 3.00. The second-order valence-corrected chi connectivity index (χ2v) is 6.36. The van der Waals surface area contributed by atoms with Gasteiger partial charge >= 0.3 is 5.97 Å². The Labute approximate surface area is 159 Å². The van der Waals surface area contributed by atoms with E-state index in [1.54, 1.807) is 45.3 Å². The number of carbonyl (C=O) groups excluding carboxylic acids is 1. The van der Waals surface area contributed by atoms with Gasteiger partial charge in [-0.25, -0.2) is 9.78 Å². The fourth-order valence-electron chi connectivity index (χ4n) is 2.82. The molecule has 9 heteroatoms. The van der Waals surface area contributed by atoms with Gasteiger partial charge in [-0.15, -0.1) is 0 Å². The first-order valence-electron chi connectivity index (χ1n) is 8.41. The first-order valence-corrected chi connectivity index (χ1v) is 8.41. The number of hydrogen-bond donors (Lipinski definition) is 1. The van der Waals surface area contributed by atoms with Crippen molar-refractivity contribution in [2.45, 2.75) is 13.5 Å². The van der Waals surface area contributed by atoms with Crippen molar-refractivity contribution < 1.29 is 23.8 Å². The zero-order valence-electron chi connectivity index (χ0n) is 15.6. The molecule has 0 bridgehead atoms. The first-order chi connectivity index (χ1) is 13.3. The van der Waals surface area contributed by atoms with Crippen molar-refractivity contribution in [2.75, 3.05) is 13.7 Å². The van der Waals surface area contributed by atoms with Crippen molar-refractivity contribution >= 4 is 23.0 Å². The maximum Gasteiger partial charge on any atom is 0.341 e. The van der Waals surface area contributed by atoms with E-state index >= 15 is 0 Å². The predicted molar refractivity (Wildman–Crippen MR) is 99.4 cm³/mol. The number of hydrogen-bond acceptors (Lipinski definition) is 6. The summed E-state index contributed by atoms with van der Waals surface area (Å²) >= 11 is 0. The number of aromatic nitrogens is 2. The summed E-state index contributed by atoms with van der Waals surface area (Å²) in [5.74, 6) is -0.656. The smallest absolute Gasteiger partial charge is 0.341 e. The average molecular weight is 385 g/mol. The number of carbonyl (C=O) groups is 2. The molecule has 0 saturated heterocycles. The lowest BCUT2D eigenvalue weighted by atomic mass is 10.1. The molecule has 1 amide bonds. The van der Waals surface area contributed by atoms with Gasteiger partial charge in [-0.05, 0) is 24.6 Å². The topological polar surface area (TPSA) is 115 Å². The van der Waals surface area contributed by atoms with E-state index in [9.17, 15) is 14.4 Å². The van der Waals surface area contributed by atoms with Crippen LogP contribution in [0.4, 0.5) is 0 Å². The number of benzene rings is 1. The van der Waals surface area contributed by atoms with Crippen molar-refractivity contribution in [3.05, 3.63) is 57.8 Å². The highest BCUT2D eigenvalue weighted by molar-refractivity contribution is 6.06. The highest BCUT2D eigenvalue weighted by Crippen LogP contribution is 2.23. The van der Waals surface area contributed by atoms with Gasteiger partial charge in [-0.3, -0.25) is 9.59 Å². The Kier molecular flexibility index (Phi) is 5.16. The molecule has 0 spiro atoms. The van der Waals surface area contributed by atoms with E-state index < -0.39 is 12.6 Å². The van der Waals surface area contributed by atoms with Gasteiger partial charge < -0.3 is 23.7 Å². The second kappa shape index (κ2) is 7.55. The molecular formula is C19H19N3O6. The number of aryl methyl sites for hydroxylation is 2. The van der Waals surface area contributed by atoms with Crippen LogP contribution in [0.5, 0.6) is 5.75 Å². The van der Waals surface area contributed by atoms with Crippen molar-refractivity contribution in [1.29, 1.82) is 0 Å². The van der Waals surface area contributed by atoms with Gasteiger partial charge in [0, 0.05) is 20.6 Å². The summed E-state index contributed by atoms with van der Waals surface area (Å²) < 4.78 is 11.9. The number of fused-ring (bicyclic) bond motifs is 1. The van der Waals surface area contributed by atoms with Gasteiger partial charge in [-0.1, -0.05) is 12.1 Å². The number of ether oxygens (including phenoxy) is 1. The molecule has 0 aliphatic rings. The molecule has 0 aliphatic carbocycles. The third-order valence-electron chi connectivity index (χ3n) is 4.21. The Morgan fingerprint density at radius 2 is 1.96 bits per heavy atom. The summed E-state index contributed by atoms with van der Waals surface area (Å²) in [5.41, 5.74) is 0.804. The fourth-order valence-corrected chi connectivity index (χ4v) is 2.82. The third-order valence-corrected chi connectivity index (χ3v) is 4.21. The number of nitrogens with zero attached hydrogens (tertiary/aromatic N) is 3. The Morgan fingerprint density at radius 3 is 2.61 bits per heavy atom. The molecule has 0 aliphatic heterocycles. The molecular weight excluding hydrogens is 366 g/mol. The summed E-state index contributed by atoms with van der Waals surface area (Å²) in [7, 11) is 3.18. The van der Waals surface area contributed by atoms with Crippen LogP contribution >= 0.6 is 0 Å². The van der Waals surface area contributed by atoms with E-state index in [1.807, 2.05) is 0 Å². The summed E-state index contributed by atoms with van der Waals surface area (Å²) in [4.78, 5) is 41.4. The highest BCUT2D eigenvalue weighted by atomic mass is 16.5. The largest absolute Gasteiger partial charge is 0.482 e. The Morgan fingerprint density at radius 1 is 1.29 bits per heavy atom. The Hall–Kier alpha value is -3.62. The van der Waals surface area contributed by atoms with E-state index in [-0.39, 0.29) is 34.7 Å². The van der Waals surface area contributed by atoms with Crippen molar-refractivity contribution in [1.82, 2.24) is 14.5 Å². The number of aliphatic carboxylic acids is 1. The highest BCUT2D eigenvalue weighted by Gasteiger charge is 2.25. The first kappa shape index (κ1) is 19.2. The lowest BCUT2D eigenvalue weighted by Gasteiger charge is -2.17. The zero-order valence-corrected chi connectivity index (χ0v) is 15.6. The van der Waals surface area contributed by atoms with Crippen LogP contribution in [-0.4, -0.2) is 45.1 Å². The molecule has 3 rings (SSSR count). The van der Waals surface area contributed by atoms with Crippen molar-refractivity contribution in [3.8, 4) is 5.75 Å². The molecule has 28 heavy (non-hydrogen) atoms. The maximum absolute atomic E-state index is 13.0. The standard InChI is InChI=1S/C19H19N3O6/c1-11-15(16-17(28-11)20-10-22(3)19(16)26)18(25)21(2)8-12-4-6-13(7-5-12)27-9-14(23)24/h4-7,10H,8-9H2,1-3H3,(H,23,24). The number of amides is 1. The quantitative estimate of drug-likeness (QED) is 0.685. The van der Waals surface area contributed by atoms with Crippen LogP contribution in [-0.2, 0) is 18.4 Å². The van der Waals surface area contributed by atoms with Gasteiger partial charge in [-0.2, -0.15) is 0 Å². The molecule has 1 aromatic carbocycles. The molecule has 3 aromatic rings. The van der Waals surface area contributed by atoms with Gasteiger partial charge in [0.05, 0.1) is 5.56 Å². The van der Waals surface area contributed by atoms with Crippen LogP contribution in [0.3, 0.4) is 0 Å². The van der Waals surface area contributed by atoms with E-state index in [0.717, 1.165) is 5.56 Å². The third kappa shape index (κ3) is 3.73. The summed E-state index contributed by atoms with van der Waals surface area (Å²) in [6.07, 6.45) is 1.35. The van der Waals surface area contributed by atoms with Crippen LogP contribution in [0, 0.1) is 6.92 Å². The predicted octanol–water partition coefficient (Wildman–Crippen LogP) is 1.57. The summed E-state index contributed by atoms with van der Waals surface area (Å²) in [5, 5.41) is 8.79. The number of carboxylic acids is 1. The zero-order chi connectivity index (χ0) is 20.4. The van der Waals surface area contributed by atoms with E-state index in [2.05, 4.69) is 4.98 Å². The SMILES string of the molecule is Cc1oc2ncn(C)c(=O)c2c1C(=O)N(C)Cc1ccc(OCC(=O)O)cc1. The van der Waals surface area contributed by atoms with E-state index in [1.165, 1.54) is 15.8 Å². The van der Waals surface area contributed by atoms with Gasteiger partial charge in [0.2, 0.25) is 5.71 Å². The summed E-state index contributed by atoms with van der Waals surface area (Å²) in [6.45, 7) is 1.48. The molecule has 9 nitrogen and oxygen atoms in total. The molecule has 0 fully saturated rings. The molecule has 0 unspecified atom stereocenters. The molecule has 2 heterocycles. The van der Waals surface area contributed by atoms with Crippen LogP contribution in [0.2, 0.25) is 0 Å². The molecule has 0 radical (unpaired) electrons. The minimum absolute atomic E-state index is 0.136. The number of rotatable bonds is 6. The van der Waals surface area contributed by atoms with Crippen LogP contribution in [0.15, 0.2) is 39.8 Å². The van der Waals surface area contributed by atoms with Gasteiger partial charge in [0.25, 0.3) is 11.5 Å². The molecule has 0 saturated carbocycles. The maximum atomic E-state index is 13.0. The van der Waals surface area contributed by atoms with E-state index in [0.29, 0.717) is 11.5 Å². The van der Waals surface area contributed by atoms with Crippen molar-refractivity contribution in [3.63, 3.8) is 0 Å².